The molecule has 0 spiro atoms. The number of aryl methyl sites for hydroxylation is 1. The lowest BCUT2D eigenvalue weighted by molar-refractivity contribution is -0.140. The van der Waals surface area contributed by atoms with E-state index in [1.165, 1.54) is 5.56 Å². The first-order valence-corrected chi connectivity index (χ1v) is 9.20. The topological polar surface area (TPSA) is 46.5 Å². The summed E-state index contributed by atoms with van der Waals surface area (Å²) < 4.78 is 5.43. The van der Waals surface area contributed by atoms with Gasteiger partial charge >= 0.3 is 5.97 Å². The Morgan fingerprint density at radius 3 is 2.14 bits per heavy atom. The molecule has 0 atom stereocenters. The van der Waals surface area contributed by atoms with Crippen LogP contribution in [-0.2, 0) is 22.7 Å². The van der Waals surface area contributed by atoms with E-state index in [0.717, 1.165) is 33.4 Å². The predicted molar refractivity (Wildman–Crippen MR) is 113 cm³/mol. The van der Waals surface area contributed by atoms with E-state index in [0.29, 0.717) is 5.57 Å². The lowest BCUT2D eigenvalue weighted by Gasteiger charge is -2.14. The Morgan fingerprint density at radius 2 is 1.54 bits per heavy atom. The van der Waals surface area contributed by atoms with Crippen LogP contribution in [0.2, 0.25) is 0 Å². The average molecular weight is 372 g/mol. The number of benzene rings is 3. The van der Waals surface area contributed by atoms with E-state index in [-0.39, 0.29) is 13.2 Å². The second-order valence-corrected chi connectivity index (χ2v) is 6.95. The van der Waals surface area contributed by atoms with Gasteiger partial charge in [-0.3, -0.25) is 0 Å². The molecule has 0 aliphatic heterocycles. The molecule has 0 saturated carbocycles. The van der Waals surface area contributed by atoms with Crippen molar-refractivity contribution in [2.24, 2.45) is 0 Å². The smallest absolute Gasteiger partial charge is 0.333 e. The highest BCUT2D eigenvalue weighted by Gasteiger charge is 2.11. The molecule has 3 aromatic carbocycles. The summed E-state index contributed by atoms with van der Waals surface area (Å²) in [6, 6.07) is 22.2. The number of rotatable bonds is 6. The number of aliphatic hydroxyl groups excluding tert-OH is 1. The summed E-state index contributed by atoms with van der Waals surface area (Å²) in [5, 5.41) is 9.24. The molecule has 0 fully saturated rings. The van der Waals surface area contributed by atoms with Crippen LogP contribution in [0.3, 0.4) is 0 Å². The van der Waals surface area contributed by atoms with Crippen molar-refractivity contribution in [2.45, 2.75) is 27.1 Å². The van der Waals surface area contributed by atoms with Gasteiger partial charge in [0, 0.05) is 5.57 Å². The van der Waals surface area contributed by atoms with Gasteiger partial charge in [-0.25, -0.2) is 4.79 Å². The van der Waals surface area contributed by atoms with Gasteiger partial charge in [0.05, 0.1) is 6.61 Å². The third-order valence-electron chi connectivity index (χ3n) is 4.64. The van der Waals surface area contributed by atoms with E-state index in [2.05, 4.69) is 56.0 Å². The molecule has 0 aromatic heterocycles. The lowest BCUT2D eigenvalue weighted by Crippen LogP contribution is -2.06. The third kappa shape index (κ3) is 4.56. The Labute approximate surface area is 165 Å². The van der Waals surface area contributed by atoms with Gasteiger partial charge in [0.15, 0.2) is 0 Å². The highest BCUT2D eigenvalue weighted by Crippen LogP contribution is 2.30. The second kappa shape index (κ2) is 8.68. The third-order valence-corrected chi connectivity index (χ3v) is 4.64. The number of carbonyl (C=O) groups excluding carboxylic acids is 1. The Balaban J connectivity index is 1.99. The molecule has 3 rings (SSSR count). The highest BCUT2D eigenvalue weighted by atomic mass is 16.5. The summed E-state index contributed by atoms with van der Waals surface area (Å²) in [6.07, 6.45) is 0. The zero-order chi connectivity index (χ0) is 20.1. The van der Waals surface area contributed by atoms with E-state index < -0.39 is 5.97 Å². The van der Waals surface area contributed by atoms with E-state index in [9.17, 15) is 9.90 Å². The fourth-order valence-electron chi connectivity index (χ4n) is 2.98. The van der Waals surface area contributed by atoms with Crippen LogP contribution in [0.5, 0.6) is 0 Å². The molecule has 0 aliphatic rings. The van der Waals surface area contributed by atoms with Gasteiger partial charge in [0.2, 0.25) is 0 Å². The average Bonchev–Trinajstić information content (AvgIpc) is 2.72. The van der Waals surface area contributed by atoms with Crippen molar-refractivity contribution < 1.29 is 14.6 Å². The fraction of sp³-hybridized carbons (Fsp3) is 0.160. The Bertz CT molecular complexity index is 983. The number of carbonyl (C=O) groups is 1. The summed E-state index contributed by atoms with van der Waals surface area (Å²) in [7, 11) is 0. The first kappa shape index (κ1) is 19.6. The van der Waals surface area contributed by atoms with Crippen LogP contribution in [0.15, 0.2) is 78.9 Å². The van der Waals surface area contributed by atoms with E-state index in [4.69, 9.17) is 4.74 Å². The molecule has 0 aliphatic carbocycles. The molecule has 0 saturated heterocycles. The maximum absolute atomic E-state index is 11.9. The molecular weight excluding hydrogens is 348 g/mol. The van der Waals surface area contributed by atoms with Crippen molar-refractivity contribution in [3.8, 4) is 22.3 Å². The Hall–Kier alpha value is -3.17. The molecule has 0 bridgehead atoms. The number of aliphatic hydroxyl groups is 1. The standard InChI is InChI=1S/C25H24O3/c1-17(2)25(27)28-16-23-14-22(20-10-6-19(15-26)7-11-20)12-13-24(23)21-8-4-18(3)5-9-21/h4-14,26H,1,15-16H2,2-3H3. The molecule has 0 unspecified atom stereocenters. The quantitative estimate of drug-likeness (QED) is 0.463. The molecule has 3 aromatic rings. The number of hydrogen-bond acceptors (Lipinski definition) is 3. The molecule has 142 valence electrons. The van der Waals surface area contributed by atoms with Crippen LogP contribution >= 0.6 is 0 Å². The van der Waals surface area contributed by atoms with Crippen LogP contribution in [0.25, 0.3) is 22.3 Å². The van der Waals surface area contributed by atoms with Crippen LogP contribution in [0.4, 0.5) is 0 Å². The van der Waals surface area contributed by atoms with Gasteiger partial charge in [-0.2, -0.15) is 0 Å². The number of ether oxygens (including phenoxy) is 1. The van der Waals surface area contributed by atoms with Gasteiger partial charge in [0.1, 0.15) is 6.61 Å². The van der Waals surface area contributed by atoms with Crippen LogP contribution in [0.1, 0.15) is 23.6 Å². The van der Waals surface area contributed by atoms with Crippen molar-refractivity contribution in [3.05, 3.63) is 95.6 Å². The minimum atomic E-state index is -0.396. The highest BCUT2D eigenvalue weighted by molar-refractivity contribution is 5.87. The van der Waals surface area contributed by atoms with Crippen molar-refractivity contribution in [1.82, 2.24) is 0 Å². The molecule has 28 heavy (non-hydrogen) atoms. The van der Waals surface area contributed by atoms with E-state index >= 15 is 0 Å². The van der Waals surface area contributed by atoms with Gasteiger partial charge in [-0.1, -0.05) is 72.8 Å². The van der Waals surface area contributed by atoms with Gasteiger partial charge < -0.3 is 9.84 Å². The minimum Gasteiger partial charge on any atom is -0.457 e. The summed E-state index contributed by atoms with van der Waals surface area (Å²) in [6.45, 7) is 7.54. The summed E-state index contributed by atoms with van der Waals surface area (Å²) in [5.41, 5.74) is 7.56. The van der Waals surface area contributed by atoms with Crippen molar-refractivity contribution in [3.63, 3.8) is 0 Å². The van der Waals surface area contributed by atoms with Crippen molar-refractivity contribution in [1.29, 1.82) is 0 Å². The number of esters is 1. The molecule has 0 amide bonds. The van der Waals surface area contributed by atoms with Gasteiger partial charge in [-0.05, 0) is 53.3 Å². The SMILES string of the molecule is C=C(C)C(=O)OCc1cc(-c2ccc(CO)cc2)ccc1-c1ccc(C)cc1. The van der Waals surface area contributed by atoms with Crippen molar-refractivity contribution >= 4 is 5.97 Å². The largest absolute Gasteiger partial charge is 0.457 e. The number of hydrogen-bond donors (Lipinski definition) is 1. The predicted octanol–water partition coefficient (Wildman–Crippen LogP) is 5.44. The van der Waals surface area contributed by atoms with Gasteiger partial charge in [0.25, 0.3) is 0 Å². The first-order chi connectivity index (χ1) is 13.5. The molecular formula is C25H24O3. The van der Waals surface area contributed by atoms with Crippen LogP contribution in [0, 0.1) is 6.92 Å². The summed E-state index contributed by atoms with van der Waals surface area (Å²) in [4.78, 5) is 11.9. The Morgan fingerprint density at radius 1 is 0.929 bits per heavy atom. The Kier molecular flexibility index (Phi) is 6.07. The molecule has 3 nitrogen and oxygen atoms in total. The molecule has 0 radical (unpaired) electrons. The van der Waals surface area contributed by atoms with Gasteiger partial charge in [-0.15, -0.1) is 0 Å². The molecule has 3 heteroatoms. The second-order valence-electron chi connectivity index (χ2n) is 6.95. The first-order valence-electron chi connectivity index (χ1n) is 9.20. The van der Waals surface area contributed by atoms with E-state index in [1.54, 1.807) is 6.92 Å². The summed E-state index contributed by atoms with van der Waals surface area (Å²) in [5.74, 6) is -0.396. The maximum Gasteiger partial charge on any atom is 0.333 e. The van der Waals surface area contributed by atoms with Crippen LogP contribution < -0.4 is 0 Å². The monoisotopic (exact) mass is 372 g/mol. The normalized spacial score (nSPS) is 10.5. The molecule has 0 heterocycles. The van der Waals surface area contributed by atoms with Crippen molar-refractivity contribution in [2.75, 3.05) is 0 Å². The zero-order valence-corrected chi connectivity index (χ0v) is 16.2. The zero-order valence-electron chi connectivity index (χ0n) is 16.2. The van der Waals surface area contributed by atoms with Crippen LogP contribution in [-0.4, -0.2) is 11.1 Å². The summed E-state index contributed by atoms with van der Waals surface area (Å²) >= 11 is 0. The maximum atomic E-state index is 11.9. The molecule has 1 N–H and O–H groups in total. The minimum absolute atomic E-state index is 0.0226. The lowest BCUT2D eigenvalue weighted by atomic mass is 9.94. The van der Waals surface area contributed by atoms with E-state index in [1.807, 2.05) is 24.3 Å². The fourth-order valence-corrected chi connectivity index (χ4v) is 2.98.